The molecule has 0 heterocycles. The van der Waals surface area contributed by atoms with Crippen molar-refractivity contribution < 1.29 is 29.0 Å². The molecular formula is C12H10FN3O5. The number of amides is 2. The zero-order chi connectivity index (χ0) is 16.0. The van der Waals surface area contributed by atoms with E-state index in [9.17, 15) is 18.8 Å². The lowest BCUT2D eigenvalue weighted by Crippen LogP contribution is -2.44. The second kappa shape index (κ2) is 6.85. The monoisotopic (exact) mass is 295 g/mol. The first-order valence-electron chi connectivity index (χ1n) is 5.56. The minimum atomic E-state index is -1.65. The Balaban J connectivity index is 2.82. The van der Waals surface area contributed by atoms with Crippen LogP contribution in [0.3, 0.4) is 0 Å². The van der Waals surface area contributed by atoms with Crippen LogP contribution >= 0.6 is 0 Å². The molecule has 8 nitrogen and oxygen atoms in total. The Labute approximate surface area is 117 Å². The molecule has 0 saturated carbocycles. The number of hydrogen-bond donors (Lipinski definition) is 4. The molecule has 0 bridgehead atoms. The average Bonchev–Trinajstić information content (AvgIpc) is 2.37. The quantitative estimate of drug-likeness (QED) is 0.632. The van der Waals surface area contributed by atoms with Crippen molar-refractivity contribution in [2.75, 3.05) is 5.32 Å². The maximum atomic E-state index is 13.3. The van der Waals surface area contributed by atoms with Crippen LogP contribution in [-0.2, 0) is 9.59 Å². The number of anilines is 1. The highest BCUT2D eigenvalue weighted by Crippen LogP contribution is 2.17. The summed E-state index contributed by atoms with van der Waals surface area (Å²) in [5.41, 5.74) is -0.577. The van der Waals surface area contributed by atoms with Gasteiger partial charge < -0.3 is 20.8 Å². The van der Waals surface area contributed by atoms with E-state index in [1.165, 1.54) is 12.1 Å². The van der Waals surface area contributed by atoms with Crippen LogP contribution in [0.5, 0.6) is 0 Å². The summed E-state index contributed by atoms with van der Waals surface area (Å²) in [6, 6.07) is 2.35. The van der Waals surface area contributed by atoms with Gasteiger partial charge in [-0.15, -0.1) is 0 Å². The van der Waals surface area contributed by atoms with Gasteiger partial charge in [-0.1, -0.05) is 6.07 Å². The number of nitrogens with one attached hydrogen (secondary N) is 2. The number of rotatable bonds is 5. The van der Waals surface area contributed by atoms with Gasteiger partial charge in [0.05, 0.1) is 12.1 Å². The summed E-state index contributed by atoms with van der Waals surface area (Å²) >= 11 is 0. The Morgan fingerprint density at radius 2 is 2.00 bits per heavy atom. The van der Waals surface area contributed by atoms with E-state index in [0.717, 1.165) is 6.07 Å². The van der Waals surface area contributed by atoms with Crippen LogP contribution in [0.25, 0.3) is 0 Å². The van der Waals surface area contributed by atoms with Crippen molar-refractivity contribution in [1.29, 1.82) is 5.26 Å². The van der Waals surface area contributed by atoms with Gasteiger partial charge in [-0.3, -0.25) is 4.79 Å². The lowest BCUT2D eigenvalue weighted by Gasteiger charge is -2.14. The van der Waals surface area contributed by atoms with Crippen LogP contribution in [0.15, 0.2) is 18.2 Å². The third-order valence-electron chi connectivity index (χ3n) is 2.36. The summed E-state index contributed by atoms with van der Waals surface area (Å²) in [5.74, 6) is -3.80. The van der Waals surface area contributed by atoms with Crippen LogP contribution in [-0.4, -0.2) is 34.2 Å². The summed E-state index contributed by atoms with van der Waals surface area (Å²) in [6.45, 7) is 0. The smallest absolute Gasteiger partial charge is 0.326 e. The van der Waals surface area contributed by atoms with Crippen LogP contribution in [0.4, 0.5) is 14.9 Å². The standard InChI is InChI=1S/C12H10FN3O5/c13-7-2-1-3-8(6(7)5-14)15-12(21)16-9(11(19)20)4-10(17)18/h1-3,9H,4H2,(H,17,18)(H,19,20)(H2,15,16,21)/t9-/m0/s1. The van der Waals surface area contributed by atoms with Crippen molar-refractivity contribution in [3.63, 3.8) is 0 Å². The largest absolute Gasteiger partial charge is 0.481 e. The molecule has 0 aliphatic heterocycles. The summed E-state index contributed by atoms with van der Waals surface area (Å²) in [4.78, 5) is 32.8. The molecule has 4 N–H and O–H groups in total. The number of halogens is 1. The average molecular weight is 295 g/mol. The third kappa shape index (κ3) is 4.46. The molecule has 0 radical (unpaired) electrons. The van der Waals surface area contributed by atoms with Crippen molar-refractivity contribution in [1.82, 2.24) is 5.32 Å². The fourth-order valence-corrected chi connectivity index (χ4v) is 1.43. The summed E-state index contributed by atoms with van der Waals surface area (Å²) in [7, 11) is 0. The molecule has 1 aromatic carbocycles. The Hall–Kier alpha value is -3.15. The first-order valence-corrected chi connectivity index (χ1v) is 5.56. The number of nitrogens with zero attached hydrogens (tertiary/aromatic N) is 1. The molecule has 0 saturated heterocycles. The zero-order valence-electron chi connectivity index (χ0n) is 10.5. The van der Waals surface area contributed by atoms with E-state index < -0.39 is 41.8 Å². The number of nitriles is 1. The van der Waals surface area contributed by atoms with Crippen molar-refractivity contribution in [2.45, 2.75) is 12.5 Å². The minimum absolute atomic E-state index is 0.158. The van der Waals surface area contributed by atoms with E-state index >= 15 is 0 Å². The molecule has 2 amide bonds. The highest BCUT2D eigenvalue weighted by Gasteiger charge is 2.23. The van der Waals surface area contributed by atoms with Gasteiger partial charge in [0.25, 0.3) is 0 Å². The number of hydrogen-bond acceptors (Lipinski definition) is 4. The zero-order valence-corrected chi connectivity index (χ0v) is 10.5. The molecule has 0 aliphatic carbocycles. The first kappa shape index (κ1) is 15.9. The van der Waals surface area contributed by atoms with E-state index in [1.807, 2.05) is 5.32 Å². The maximum Gasteiger partial charge on any atom is 0.326 e. The summed E-state index contributed by atoms with van der Waals surface area (Å²) in [6.07, 6.45) is -0.822. The van der Waals surface area contributed by atoms with Crippen molar-refractivity contribution >= 4 is 23.7 Å². The highest BCUT2D eigenvalue weighted by molar-refractivity contribution is 5.94. The maximum absolute atomic E-state index is 13.3. The Morgan fingerprint density at radius 1 is 1.33 bits per heavy atom. The summed E-state index contributed by atoms with van der Waals surface area (Å²) in [5, 5.41) is 30.1. The van der Waals surface area contributed by atoms with Gasteiger partial charge in [0.1, 0.15) is 23.5 Å². The first-order chi connectivity index (χ1) is 9.85. The lowest BCUT2D eigenvalue weighted by molar-refractivity contribution is -0.145. The molecule has 21 heavy (non-hydrogen) atoms. The highest BCUT2D eigenvalue weighted by atomic mass is 19.1. The molecule has 1 rings (SSSR count). The van der Waals surface area contributed by atoms with Gasteiger partial charge in [-0.05, 0) is 12.1 Å². The van der Waals surface area contributed by atoms with Crippen LogP contribution in [0.1, 0.15) is 12.0 Å². The number of aliphatic carboxylic acids is 2. The van der Waals surface area contributed by atoms with Crippen LogP contribution in [0, 0.1) is 17.1 Å². The third-order valence-corrected chi connectivity index (χ3v) is 2.36. The summed E-state index contributed by atoms with van der Waals surface area (Å²) < 4.78 is 13.3. The molecule has 110 valence electrons. The van der Waals surface area contributed by atoms with Gasteiger partial charge in [0, 0.05) is 0 Å². The van der Waals surface area contributed by atoms with E-state index in [0.29, 0.717) is 0 Å². The fraction of sp³-hybridized carbons (Fsp3) is 0.167. The Bertz CT molecular complexity index is 626. The van der Waals surface area contributed by atoms with E-state index in [1.54, 1.807) is 6.07 Å². The van der Waals surface area contributed by atoms with E-state index in [4.69, 9.17) is 15.5 Å². The predicted molar refractivity (Wildman–Crippen MR) is 66.9 cm³/mol. The Kier molecular flexibility index (Phi) is 5.19. The van der Waals surface area contributed by atoms with Crippen molar-refractivity contribution in [3.8, 4) is 6.07 Å². The molecule has 0 fully saturated rings. The second-order valence-corrected chi connectivity index (χ2v) is 3.86. The number of carboxylic acids is 2. The molecule has 9 heteroatoms. The number of carboxylic acid groups (broad SMARTS) is 2. The van der Waals surface area contributed by atoms with Crippen molar-refractivity contribution in [2.24, 2.45) is 0 Å². The van der Waals surface area contributed by atoms with Crippen LogP contribution in [0.2, 0.25) is 0 Å². The van der Waals surface area contributed by atoms with E-state index in [-0.39, 0.29) is 5.69 Å². The van der Waals surface area contributed by atoms with Gasteiger partial charge >= 0.3 is 18.0 Å². The number of carbonyl (C=O) groups excluding carboxylic acids is 1. The lowest BCUT2D eigenvalue weighted by atomic mass is 10.2. The SMILES string of the molecule is N#Cc1c(F)cccc1NC(=O)N[C@@H](CC(=O)O)C(=O)O. The number of benzene rings is 1. The molecule has 0 spiro atoms. The molecule has 0 unspecified atom stereocenters. The number of urea groups is 1. The minimum Gasteiger partial charge on any atom is -0.481 e. The second-order valence-electron chi connectivity index (χ2n) is 3.86. The number of carbonyl (C=O) groups is 3. The van der Waals surface area contributed by atoms with Crippen LogP contribution < -0.4 is 10.6 Å². The van der Waals surface area contributed by atoms with Gasteiger partial charge in [-0.25, -0.2) is 14.0 Å². The van der Waals surface area contributed by atoms with Gasteiger partial charge in [0.2, 0.25) is 0 Å². The molecule has 1 aromatic rings. The normalized spacial score (nSPS) is 11.0. The fourth-order valence-electron chi connectivity index (χ4n) is 1.43. The molecular weight excluding hydrogens is 285 g/mol. The molecule has 1 atom stereocenters. The Morgan fingerprint density at radius 3 is 2.52 bits per heavy atom. The topological polar surface area (TPSA) is 140 Å². The predicted octanol–water partition coefficient (Wildman–Crippen LogP) is 0.747. The molecule has 0 aromatic heterocycles. The van der Waals surface area contributed by atoms with Gasteiger partial charge in [-0.2, -0.15) is 5.26 Å². The van der Waals surface area contributed by atoms with Gasteiger partial charge in [0.15, 0.2) is 0 Å². The molecule has 0 aliphatic rings. The van der Waals surface area contributed by atoms with Crippen molar-refractivity contribution in [3.05, 3.63) is 29.6 Å². The van der Waals surface area contributed by atoms with E-state index in [2.05, 4.69) is 5.32 Å².